The van der Waals surface area contributed by atoms with E-state index in [1.54, 1.807) is 6.07 Å². The van der Waals surface area contributed by atoms with Crippen LogP contribution >= 0.6 is 0 Å². The highest BCUT2D eigenvalue weighted by Crippen LogP contribution is 2.10. The zero-order valence-electron chi connectivity index (χ0n) is 8.47. The molecule has 0 N–H and O–H groups in total. The van der Waals surface area contributed by atoms with Crippen LogP contribution in [0, 0.1) is 18.3 Å². The summed E-state index contributed by atoms with van der Waals surface area (Å²) in [7, 11) is -3.31. The van der Waals surface area contributed by atoms with Crippen LogP contribution in [-0.4, -0.2) is 19.2 Å². The second-order valence-corrected chi connectivity index (χ2v) is 5.31. The summed E-state index contributed by atoms with van der Waals surface area (Å²) in [6, 6.07) is 5.13. The van der Waals surface area contributed by atoms with Gasteiger partial charge in [0.15, 0.2) is 14.9 Å². The van der Waals surface area contributed by atoms with E-state index in [4.69, 9.17) is 5.26 Å². The molecule has 1 aromatic rings. The van der Waals surface area contributed by atoms with E-state index in [0.717, 1.165) is 5.56 Å². The minimum absolute atomic E-state index is 0.0172. The molecule has 0 saturated heterocycles. The Morgan fingerprint density at radius 3 is 2.73 bits per heavy atom. The van der Waals surface area contributed by atoms with Crippen molar-refractivity contribution in [1.82, 2.24) is 4.98 Å². The van der Waals surface area contributed by atoms with Crippen molar-refractivity contribution >= 4 is 9.84 Å². The van der Waals surface area contributed by atoms with Gasteiger partial charge in [0.2, 0.25) is 0 Å². The normalized spacial score (nSPS) is 10.9. The first-order valence-electron chi connectivity index (χ1n) is 4.58. The first kappa shape index (κ1) is 11.7. The number of nitriles is 1. The number of hydrogen-bond acceptors (Lipinski definition) is 4. The molecule has 0 amide bonds. The van der Waals surface area contributed by atoms with Gasteiger partial charge < -0.3 is 0 Å². The zero-order valence-corrected chi connectivity index (χ0v) is 9.29. The van der Waals surface area contributed by atoms with Crippen molar-refractivity contribution in [3.05, 3.63) is 23.9 Å². The minimum atomic E-state index is -3.31. The van der Waals surface area contributed by atoms with Gasteiger partial charge in [-0.05, 0) is 25.0 Å². The van der Waals surface area contributed by atoms with Crippen molar-refractivity contribution < 1.29 is 8.42 Å². The molecule has 1 aromatic heterocycles. The maximum absolute atomic E-state index is 11.6. The van der Waals surface area contributed by atoms with E-state index in [1.165, 1.54) is 12.3 Å². The Bertz CT molecular complexity index is 457. The molecular weight excluding hydrogens is 212 g/mol. The van der Waals surface area contributed by atoms with E-state index in [-0.39, 0.29) is 17.2 Å². The van der Waals surface area contributed by atoms with Gasteiger partial charge in [-0.3, -0.25) is 0 Å². The average molecular weight is 224 g/mol. The van der Waals surface area contributed by atoms with Crippen LogP contribution in [0.1, 0.15) is 18.4 Å². The van der Waals surface area contributed by atoms with Crippen LogP contribution in [0.4, 0.5) is 0 Å². The highest BCUT2D eigenvalue weighted by atomic mass is 32.2. The van der Waals surface area contributed by atoms with Gasteiger partial charge in [0.1, 0.15) is 0 Å². The van der Waals surface area contributed by atoms with Crippen LogP contribution in [0.3, 0.4) is 0 Å². The second kappa shape index (κ2) is 4.89. The Balaban J connectivity index is 2.79. The molecule has 15 heavy (non-hydrogen) atoms. The summed E-state index contributed by atoms with van der Waals surface area (Å²) in [4.78, 5) is 3.86. The second-order valence-electron chi connectivity index (χ2n) is 3.25. The van der Waals surface area contributed by atoms with E-state index in [2.05, 4.69) is 4.98 Å². The molecule has 0 aromatic carbocycles. The van der Waals surface area contributed by atoms with Gasteiger partial charge in [-0.2, -0.15) is 5.26 Å². The standard InChI is InChI=1S/C10H12N2O2S/c1-9-4-5-10(12-8-9)15(13,14)7-3-2-6-11/h4-5,8H,2-3,7H2,1H3. The zero-order chi connectivity index (χ0) is 11.3. The van der Waals surface area contributed by atoms with Crippen molar-refractivity contribution in [3.63, 3.8) is 0 Å². The third kappa shape index (κ3) is 3.33. The van der Waals surface area contributed by atoms with Gasteiger partial charge in [0, 0.05) is 12.6 Å². The third-order valence-electron chi connectivity index (χ3n) is 1.90. The fourth-order valence-electron chi connectivity index (χ4n) is 1.08. The summed E-state index contributed by atoms with van der Waals surface area (Å²) in [5.41, 5.74) is 0.922. The molecule has 0 aliphatic rings. The van der Waals surface area contributed by atoms with Crippen molar-refractivity contribution in [3.8, 4) is 6.07 Å². The average Bonchev–Trinajstić information content (AvgIpc) is 2.18. The van der Waals surface area contributed by atoms with Gasteiger partial charge in [-0.25, -0.2) is 13.4 Å². The number of sulfone groups is 1. The van der Waals surface area contributed by atoms with E-state index in [9.17, 15) is 8.42 Å². The van der Waals surface area contributed by atoms with Crippen LogP contribution in [0.5, 0.6) is 0 Å². The third-order valence-corrected chi connectivity index (χ3v) is 3.61. The summed E-state index contributed by atoms with van der Waals surface area (Å²) < 4.78 is 23.3. The van der Waals surface area contributed by atoms with Gasteiger partial charge in [0.25, 0.3) is 0 Å². The van der Waals surface area contributed by atoms with E-state index in [0.29, 0.717) is 6.42 Å². The molecule has 0 saturated carbocycles. The molecule has 0 spiro atoms. The molecule has 5 heteroatoms. The number of unbranched alkanes of at least 4 members (excludes halogenated alkanes) is 1. The molecule has 80 valence electrons. The number of aryl methyl sites for hydroxylation is 1. The number of nitrogens with zero attached hydrogens (tertiary/aromatic N) is 2. The maximum Gasteiger partial charge on any atom is 0.195 e. The molecule has 0 aliphatic carbocycles. The lowest BCUT2D eigenvalue weighted by atomic mass is 10.3. The van der Waals surface area contributed by atoms with Crippen molar-refractivity contribution in [1.29, 1.82) is 5.26 Å². The van der Waals surface area contributed by atoms with Crippen LogP contribution in [0.25, 0.3) is 0 Å². The lowest BCUT2D eigenvalue weighted by Gasteiger charge is -2.01. The first-order valence-corrected chi connectivity index (χ1v) is 6.24. The van der Waals surface area contributed by atoms with Gasteiger partial charge in [-0.15, -0.1) is 0 Å². The quantitative estimate of drug-likeness (QED) is 0.726. The van der Waals surface area contributed by atoms with Gasteiger partial charge >= 0.3 is 0 Å². The molecule has 0 aliphatic heterocycles. The highest BCUT2D eigenvalue weighted by molar-refractivity contribution is 7.91. The minimum Gasteiger partial charge on any atom is -0.244 e. The van der Waals surface area contributed by atoms with Crippen LogP contribution in [0.15, 0.2) is 23.4 Å². The van der Waals surface area contributed by atoms with Gasteiger partial charge in [0.05, 0.1) is 11.8 Å². The summed E-state index contributed by atoms with van der Waals surface area (Å²) in [6.07, 6.45) is 2.14. The van der Waals surface area contributed by atoms with Crippen molar-refractivity contribution in [2.75, 3.05) is 5.75 Å². The number of aromatic nitrogens is 1. The van der Waals surface area contributed by atoms with Crippen molar-refractivity contribution in [2.45, 2.75) is 24.8 Å². The number of pyridine rings is 1. The first-order chi connectivity index (χ1) is 7.06. The van der Waals surface area contributed by atoms with E-state index in [1.807, 2.05) is 13.0 Å². The Labute approximate surface area is 89.5 Å². The Morgan fingerprint density at radius 2 is 2.20 bits per heavy atom. The van der Waals surface area contributed by atoms with E-state index >= 15 is 0 Å². The summed E-state index contributed by atoms with van der Waals surface area (Å²) in [5, 5.41) is 8.40. The molecular formula is C10H12N2O2S. The number of rotatable bonds is 4. The largest absolute Gasteiger partial charge is 0.244 e. The molecule has 0 fully saturated rings. The van der Waals surface area contributed by atoms with Crippen LogP contribution in [0.2, 0.25) is 0 Å². The topological polar surface area (TPSA) is 70.8 Å². The van der Waals surface area contributed by atoms with Crippen LogP contribution in [-0.2, 0) is 9.84 Å². The fourth-order valence-corrected chi connectivity index (χ4v) is 2.31. The van der Waals surface area contributed by atoms with Crippen LogP contribution < -0.4 is 0 Å². The Morgan fingerprint density at radius 1 is 1.47 bits per heavy atom. The summed E-state index contributed by atoms with van der Waals surface area (Å²) in [5.74, 6) is -0.0172. The lowest BCUT2D eigenvalue weighted by Crippen LogP contribution is -2.08. The molecule has 4 nitrogen and oxygen atoms in total. The molecule has 0 atom stereocenters. The Kier molecular flexibility index (Phi) is 3.81. The smallest absolute Gasteiger partial charge is 0.195 e. The predicted molar refractivity (Wildman–Crippen MR) is 55.9 cm³/mol. The summed E-state index contributed by atoms with van der Waals surface area (Å²) >= 11 is 0. The number of hydrogen-bond donors (Lipinski definition) is 0. The maximum atomic E-state index is 11.6. The molecule has 1 heterocycles. The Hall–Kier alpha value is -1.41. The molecule has 0 bridgehead atoms. The van der Waals surface area contributed by atoms with Crippen molar-refractivity contribution in [2.24, 2.45) is 0 Å². The van der Waals surface area contributed by atoms with Gasteiger partial charge in [-0.1, -0.05) is 6.07 Å². The highest BCUT2D eigenvalue weighted by Gasteiger charge is 2.14. The monoisotopic (exact) mass is 224 g/mol. The fraction of sp³-hybridized carbons (Fsp3) is 0.400. The predicted octanol–water partition coefficient (Wildman–Crippen LogP) is 1.47. The molecule has 1 rings (SSSR count). The molecule has 0 radical (unpaired) electrons. The lowest BCUT2D eigenvalue weighted by molar-refractivity contribution is 0.590. The van der Waals surface area contributed by atoms with E-state index < -0.39 is 9.84 Å². The SMILES string of the molecule is Cc1ccc(S(=O)(=O)CCCC#N)nc1. The molecule has 0 unspecified atom stereocenters. The summed E-state index contributed by atoms with van der Waals surface area (Å²) in [6.45, 7) is 1.85.